The molecule has 0 aromatic rings. The van der Waals surface area contributed by atoms with Crippen molar-refractivity contribution in [3.63, 3.8) is 0 Å². The van der Waals surface area contributed by atoms with Crippen LogP contribution in [0.3, 0.4) is 0 Å². The number of hydrogen-bond acceptors (Lipinski definition) is 4. The maximum absolute atomic E-state index is 11.2. The van der Waals surface area contributed by atoms with Crippen LogP contribution >= 0.6 is 0 Å². The fraction of sp³-hybridized carbons (Fsp3) is 0.917. The monoisotopic (exact) mass is 252 g/mol. The lowest BCUT2D eigenvalue weighted by molar-refractivity contribution is -0.144. The number of halogens is 1. The van der Waals surface area contributed by atoms with Gasteiger partial charge in [-0.2, -0.15) is 0 Å². The second kappa shape index (κ2) is 9.36. The summed E-state index contributed by atoms with van der Waals surface area (Å²) in [4.78, 5) is 15.8. The van der Waals surface area contributed by atoms with Crippen LogP contribution in [0.4, 0.5) is 4.72 Å². The van der Waals surface area contributed by atoms with Gasteiger partial charge in [0.15, 0.2) is 0 Å². The Hall–Kier alpha value is -0.680. The first-order valence-corrected chi connectivity index (χ1v) is 5.75. The number of esters is 1. The highest BCUT2D eigenvalue weighted by molar-refractivity contribution is 5.71. The minimum Gasteiger partial charge on any atom is -0.465 e. The molecule has 17 heavy (non-hydrogen) atoms. The Balaban J connectivity index is 0. The average molecular weight is 252 g/mol. The molecule has 1 saturated heterocycles. The normalized spacial score (nSPS) is 17.6. The second-order valence-corrected chi connectivity index (χ2v) is 4.21. The Bertz CT molecular complexity index is 210. The molecule has 4 nitrogen and oxygen atoms in total. The molecule has 0 aliphatic carbocycles. The molecule has 5 heteroatoms. The fourth-order valence-electron chi connectivity index (χ4n) is 1.83. The number of ether oxygens (including phenoxy) is 1. The van der Waals surface area contributed by atoms with E-state index >= 15 is 0 Å². The van der Waals surface area contributed by atoms with E-state index in [2.05, 4.69) is 25.1 Å². The van der Waals surface area contributed by atoms with Crippen molar-refractivity contribution in [2.45, 2.75) is 34.2 Å². The molecule has 0 aromatic carbocycles. The number of piperazine rings is 1. The maximum Gasteiger partial charge on any atom is 0.320 e. The Morgan fingerprint density at radius 3 is 2.29 bits per heavy atom. The summed E-state index contributed by atoms with van der Waals surface area (Å²) in [6.45, 7) is 11.2. The Morgan fingerprint density at radius 1 is 1.35 bits per heavy atom. The predicted molar refractivity (Wildman–Crippen MR) is 69.0 cm³/mol. The molecule has 0 spiro atoms. The van der Waals surface area contributed by atoms with Crippen LogP contribution in [-0.2, 0) is 9.53 Å². The first-order valence-electron chi connectivity index (χ1n) is 6.13. The van der Waals surface area contributed by atoms with Crippen molar-refractivity contribution in [1.29, 1.82) is 1.45 Å². The molecule has 104 valence electrons. The average Bonchev–Trinajstić information content (AvgIpc) is 2.32. The van der Waals surface area contributed by atoms with E-state index in [1.807, 2.05) is 6.92 Å². The van der Waals surface area contributed by atoms with E-state index in [0.717, 1.165) is 26.2 Å². The summed E-state index contributed by atoms with van der Waals surface area (Å²) in [5, 5.41) is 0. The summed E-state index contributed by atoms with van der Waals surface area (Å²) in [7, 11) is 0. The molecular weight excluding hydrogens is 223 g/mol. The molecule has 0 N–H and O–H groups in total. The van der Waals surface area contributed by atoms with Gasteiger partial charge in [-0.15, -0.1) is 0 Å². The van der Waals surface area contributed by atoms with Crippen LogP contribution in [0.1, 0.15) is 28.2 Å². The first kappa shape index (κ1) is 16.3. The highest BCUT2D eigenvalue weighted by Crippen LogP contribution is 2.05. The zero-order valence-electron chi connectivity index (χ0n) is 11.4. The Morgan fingerprint density at radius 2 is 1.88 bits per heavy atom. The third kappa shape index (κ3) is 6.58. The van der Waals surface area contributed by atoms with E-state index in [-0.39, 0.29) is 13.4 Å². The Kier molecular flexibility index (Phi) is 8.99. The number of nitrogens with zero attached hydrogens (tertiary/aromatic N) is 2. The van der Waals surface area contributed by atoms with E-state index in [4.69, 9.17) is 9.45 Å². The van der Waals surface area contributed by atoms with E-state index < -0.39 is 0 Å². The van der Waals surface area contributed by atoms with Gasteiger partial charge in [-0.3, -0.25) is 19.3 Å². The van der Waals surface area contributed by atoms with Crippen LogP contribution in [0.2, 0.25) is 0 Å². The van der Waals surface area contributed by atoms with Crippen molar-refractivity contribution in [1.82, 2.24) is 9.80 Å². The highest BCUT2D eigenvalue weighted by atomic mass is 19.0. The van der Waals surface area contributed by atoms with Gasteiger partial charge in [0.1, 0.15) is 0 Å². The molecule has 0 amide bonds. The molecule has 0 atom stereocenters. The number of hydrogen-bond donors (Lipinski definition) is 0. The molecular formula is C12H27FN2O2. The van der Waals surface area contributed by atoms with Crippen LogP contribution in [0.5, 0.6) is 0 Å². The van der Waals surface area contributed by atoms with Crippen LogP contribution < -0.4 is 0 Å². The molecule has 1 heterocycles. The lowest BCUT2D eigenvalue weighted by atomic mass is 10.2. The summed E-state index contributed by atoms with van der Waals surface area (Å²) >= 11 is 0. The van der Waals surface area contributed by atoms with E-state index in [1.165, 1.54) is 0 Å². The van der Waals surface area contributed by atoms with Gasteiger partial charge in [0, 0.05) is 32.2 Å². The van der Waals surface area contributed by atoms with Gasteiger partial charge in [0.05, 0.1) is 13.2 Å². The van der Waals surface area contributed by atoms with Crippen LogP contribution in [-0.4, -0.2) is 62.6 Å². The molecule has 1 aliphatic heterocycles. The van der Waals surface area contributed by atoms with Gasteiger partial charge in [0.25, 0.3) is 1.45 Å². The summed E-state index contributed by atoms with van der Waals surface area (Å²) in [5.41, 5.74) is 0. The summed E-state index contributed by atoms with van der Waals surface area (Å²) in [5.74, 6) is -0.101. The van der Waals surface area contributed by atoms with Gasteiger partial charge in [-0.1, -0.05) is 7.43 Å². The molecule has 1 fully saturated rings. The standard InChI is InChI=1S/C11H22N2O2.CH4.FH/c1-4-15-11(14)9-12-5-7-13(8-6-12)10(2)3;;/h10H,4-9H2,1-3H3;1H4;1H/i/hT. The van der Waals surface area contributed by atoms with E-state index in [0.29, 0.717) is 19.2 Å². The summed E-state index contributed by atoms with van der Waals surface area (Å²) < 4.78 is 17.9. The summed E-state index contributed by atoms with van der Waals surface area (Å²) in [6, 6.07) is 0.606. The van der Waals surface area contributed by atoms with Crippen LogP contribution in [0, 0.1) is 0 Å². The zero-order chi connectivity index (χ0) is 13.3. The van der Waals surface area contributed by atoms with Gasteiger partial charge in [0.2, 0.25) is 0 Å². The minimum absolute atomic E-state index is 0. The molecule has 0 aromatic heterocycles. The molecule has 0 radical (unpaired) electrons. The number of carbonyl (C=O) groups excluding carboxylic acids is 1. The van der Waals surface area contributed by atoms with Gasteiger partial charge in [-0.05, 0) is 20.8 Å². The van der Waals surface area contributed by atoms with Crippen molar-refractivity contribution in [2.24, 2.45) is 0 Å². The third-order valence-corrected chi connectivity index (χ3v) is 2.80. The highest BCUT2D eigenvalue weighted by Gasteiger charge is 2.20. The van der Waals surface area contributed by atoms with Crippen molar-refractivity contribution >= 4 is 5.97 Å². The predicted octanol–water partition coefficient (Wildman–Crippen LogP) is 1.36. The van der Waals surface area contributed by atoms with Crippen LogP contribution in [0.25, 0.3) is 0 Å². The smallest absolute Gasteiger partial charge is 0.320 e. The first-order chi connectivity index (χ1) is 8.13. The zero-order valence-corrected chi connectivity index (χ0v) is 10.4. The summed E-state index contributed by atoms with van der Waals surface area (Å²) in [6.07, 6.45) is 0. The SMILES string of the molecule is C.CCOC(=O)CN1CCN(C(C)C)CC1.[3H]F. The van der Waals surface area contributed by atoms with Crippen molar-refractivity contribution in [3.05, 3.63) is 0 Å². The third-order valence-electron chi connectivity index (χ3n) is 2.80. The molecule has 0 unspecified atom stereocenters. The van der Waals surface area contributed by atoms with Gasteiger partial charge < -0.3 is 4.74 Å². The molecule has 0 bridgehead atoms. The quantitative estimate of drug-likeness (QED) is 0.707. The number of rotatable bonds is 4. The molecule has 1 rings (SSSR count). The van der Waals surface area contributed by atoms with Crippen molar-refractivity contribution in [2.75, 3.05) is 39.3 Å². The van der Waals surface area contributed by atoms with E-state index in [9.17, 15) is 4.79 Å². The largest absolute Gasteiger partial charge is 0.465 e. The second-order valence-electron chi connectivity index (χ2n) is 4.21. The fourth-order valence-corrected chi connectivity index (χ4v) is 1.83. The maximum atomic E-state index is 11.2. The van der Waals surface area contributed by atoms with Crippen LogP contribution in [0.15, 0.2) is 0 Å². The molecule has 1 aliphatic rings. The molecule has 0 saturated carbocycles. The van der Waals surface area contributed by atoms with Crippen molar-refractivity contribution < 1.29 is 14.2 Å². The topological polar surface area (TPSA) is 32.8 Å². The van der Waals surface area contributed by atoms with Gasteiger partial charge >= 0.3 is 5.97 Å². The Labute approximate surface area is 106 Å². The number of carbonyl (C=O) groups is 1. The minimum atomic E-state index is -0.101. The van der Waals surface area contributed by atoms with E-state index in [1.54, 1.807) is 0 Å². The van der Waals surface area contributed by atoms with Gasteiger partial charge in [-0.25, -0.2) is 0 Å². The lowest BCUT2D eigenvalue weighted by Gasteiger charge is -2.36. The van der Waals surface area contributed by atoms with Crippen molar-refractivity contribution in [3.8, 4) is 0 Å². The lowest BCUT2D eigenvalue weighted by Crippen LogP contribution is -2.50.